The van der Waals surface area contributed by atoms with Crippen molar-refractivity contribution in [1.82, 2.24) is 0 Å². The fourth-order valence-corrected chi connectivity index (χ4v) is 4.13. The van der Waals surface area contributed by atoms with E-state index < -0.39 is 12.9 Å². The topological polar surface area (TPSA) is 59.0 Å². The Balaban J connectivity index is 1.31. The lowest BCUT2D eigenvalue weighted by molar-refractivity contribution is -0.286. The first kappa shape index (κ1) is 21.3. The smallest absolute Gasteiger partial charge is 0.395 e. The largest absolute Gasteiger partial charge is 0.586 e. The van der Waals surface area contributed by atoms with Gasteiger partial charge in [-0.3, -0.25) is 4.79 Å². The maximum absolute atomic E-state index is 13.2. The summed E-state index contributed by atoms with van der Waals surface area (Å²) < 4.78 is 35.3. The minimum atomic E-state index is -3.58. The number of ketones is 1. The summed E-state index contributed by atoms with van der Waals surface area (Å²) in [5.74, 6) is 0.416. The molecular weight excluding hydrogens is 404 g/mol. The van der Waals surface area contributed by atoms with E-state index in [2.05, 4.69) is 14.4 Å². The van der Waals surface area contributed by atoms with Gasteiger partial charge in [0.2, 0.25) is 0 Å². The van der Waals surface area contributed by atoms with Crippen LogP contribution in [0.3, 0.4) is 0 Å². The Bertz CT molecular complexity index is 968. The normalized spacial score (nSPS) is 18.0. The Kier molecular flexibility index (Phi) is 6.23. The molecule has 31 heavy (non-hydrogen) atoms. The van der Waals surface area contributed by atoms with Gasteiger partial charge in [-0.05, 0) is 73.1 Å². The molecule has 0 aliphatic carbocycles. The molecule has 0 aromatic heterocycles. The zero-order valence-electron chi connectivity index (χ0n) is 17.1. The molecule has 5 nitrogen and oxygen atoms in total. The number of aliphatic hydroxyl groups excluding tert-OH is 1. The molecule has 0 bridgehead atoms. The Morgan fingerprint density at radius 3 is 2.65 bits per heavy atom. The van der Waals surface area contributed by atoms with Crippen molar-refractivity contribution in [3.05, 3.63) is 59.7 Å². The zero-order valence-corrected chi connectivity index (χ0v) is 17.1. The van der Waals surface area contributed by atoms with Gasteiger partial charge in [0.05, 0.1) is 0 Å². The van der Waals surface area contributed by atoms with Gasteiger partial charge in [-0.25, -0.2) is 0 Å². The zero-order chi connectivity index (χ0) is 21.8. The van der Waals surface area contributed by atoms with Crippen LogP contribution in [0.4, 0.5) is 14.5 Å². The second-order valence-corrected chi connectivity index (χ2v) is 7.93. The molecule has 0 atom stereocenters. The van der Waals surface area contributed by atoms with Crippen molar-refractivity contribution in [2.75, 3.05) is 24.6 Å². The molecule has 1 fully saturated rings. The van der Waals surface area contributed by atoms with E-state index in [1.54, 1.807) is 18.2 Å². The van der Waals surface area contributed by atoms with E-state index in [1.807, 2.05) is 30.3 Å². The number of hydrogen-bond donors (Lipinski definition) is 1. The molecule has 0 radical (unpaired) electrons. The molecule has 2 aromatic carbocycles. The molecule has 0 spiro atoms. The number of ether oxygens (including phenoxy) is 2. The maximum atomic E-state index is 13.2. The number of anilines is 1. The summed E-state index contributed by atoms with van der Waals surface area (Å²) in [6.45, 7) is 1.34. The molecule has 0 unspecified atom stereocenters. The van der Waals surface area contributed by atoms with Crippen LogP contribution in [-0.2, 0) is 11.2 Å². The third-order valence-corrected chi connectivity index (χ3v) is 5.80. The van der Waals surface area contributed by atoms with Gasteiger partial charge < -0.3 is 19.5 Å². The summed E-state index contributed by atoms with van der Waals surface area (Å²) >= 11 is 0. The van der Waals surface area contributed by atoms with Gasteiger partial charge in [0.15, 0.2) is 17.3 Å². The van der Waals surface area contributed by atoms with Crippen LogP contribution in [0.5, 0.6) is 11.5 Å². The quantitative estimate of drug-likeness (QED) is 0.660. The molecular formula is C24H25F2NO4. The van der Waals surface area contributed by atoms with Crippen LogP contribution in [0.2, 0.25) is 0 Å². The monoisotopic (exact) mass is 429 g/mol. The van der Waals surface area contributed by atoms with E-state index in [9.17, 15) is 13.6 Å². The molecule has 0 amide bonds. The van der Waals surface area contributed by atoms with Crippen molar-refractivity contribution >= 4 is 17.5 Å². The fourth-order valence-electron chi connectivity index (χ4n) is 4.13. The van der Waals surface area contributed by atoms with E-state index in [0.29, 0.717) is 5.92 Å². The van der Waals surface area contributed by atoms with Gasteiger partial charge in [0.1, 0.15) is 6.61 Å². The second-order valence-electron chi connectivity index (χ2n) is 7.93. The number of nitrogens with zero attached hydrogens (tertiary/aromatic N) is 1. The molecule has 2 aliphatic heterocycles. The first-order valence-corrected chi connectivity index (χ1v) is 10.5. The number of aryl methyl sites for hydroxylation is 1. The lowest BCUT2D eigenvalue weighted by Crippen LogP contribution is -2.34. The number of halogens is 2. The van der Waals surface area contributed by atoms with E-state index in [-0.39, 0.29) is 17.3 Å². The molecule has 2 aliphatic rings. The number of alkyl halides is 2. The number of para-hydroxylation sites is 1. The van der Waals surface area contributed by atoms with Gasteiger partial charge in [0.25, 0.3) is 0 Å². The number of piperidine rings is 1. The first-order valence-electron chi connectivity index (χ1n) is 10.5. The highest BCUT2D eigenvalue weighted by Crippen LogP contribution is 2.41. The van der Waals surface area contributed by atoms with Crippen molar-refractivity contribution in [1.29, 1.82) is 0 Å². The summed E-state index contributed by atoms with van der Waals surface area (Å²) in [6.07, 6.45) is 3.44. The number of rotatable bonds is 7. The van der Waals surface area contributed by atoms with E-state index >= 15 is 0 Å². The fraction of sp³-hybridized carbons (Fsp3) is 0.375. The Hall–Kier alpha value is -2.93. The predicted octanol–water partition coefficient (Wildman–Crippen LogP) is 4.43. The van der Waals surface area contributed by atoms with Gasteiger partial charge in [-0.1, -0.05) is 24.3 Å². The standard InChI is InChI=1S/C24H25F2NO4/c25-24(26)30-22-10-7-18(15-23(22)31-24)6-5-17-11-13-27(14-12-17)21-4-2-1-3-19(21)8-9-20(29)16-28/h1-4,7-10,15,17,28H,5-6,11-14,16H2/b9-8+. The van der Waals surface area contributed by atoms with E-state index in [0.717, 1.165) is 55.6 Å². The third kappa shape index (κ3) is 5.22. The van der Waals surface area contributed by atoms with Crippen LogP contribution in [0.25, 0.3) is 6.08 Å². The maximum Gasteiger partial charge on any atom is 0.586 e. The summed E-state index contributed by atoms with van der Waals surface area (Å²) in [5, 5.41) is 8.90. The first-order chi connectivity index (χ1) is 14.9. The third-order valence-electron chi connectivity index (χ3n) is 5.80. The van der Waals surface area contributed by atoms with Crippen LogP contribution in [0.15, 0.2) is 48.5 Å². The number of benzene rings is 2. The van der Waals surface area contributed by atoms with Gasteiger partial charge in [0, 0.05) is 18.8 Å². The van der Waals surface area contributed by atoms with Gasteiger partial charge in [-0.15, -0.1) is 8.78 Å². The number of aliphatic hydroxyl groups is 1. The number of carbonyl (C=O) groups excluding carboxylic acids is 1. The van der Waals surface area contributed by atoms with Crippen molar-refractivity contribution in [2.24, 2.45) is 5.92 Å². The highest BCUT2D eigenvalue weighted by atomic mass is 19.3. The molecule has 1 N–H and O–H groups in total. The van der Waals surface area contributed by atoms with Gasteiger partial charge in [-0.2, -0.15) is 0 Å². The van der Waals surface area contributed by atoms with Crippen LogP contribution < -0.4 is 14.4 Å². The number of hydrogen-bond acceptors (Lipinski definition) is 5. The number of carbonyl (C=O) groups is 1. The van der Waals surface area contributed by atoms with E-state index in [4.69, 9.17) is 5.11 Å². The van der Waals surface area contributed by atoms with Crippen LogP contribution in [-0.4, -0.2) is 36.9 Å². The SMILES string of the molecule is O=C(/C=C/c1ccccc1N1CCC(CCc2ccc3c(c2)OC(F)(F)O3)CC1)CO. The van der Waals surface area contributed by atoms with E-state index in [1.165, 1.54) is 6.08 Å². The van der Waals surface area contributed by atoms with Crippen molar-refractivity contribution < 1.29 is 28.2 Å². The van der Waals surface area contributed by atoms with Crippen LogP contribution in [0.1, 0.15) is 30.4 Å². The highest BCUT2D eigenvalue weighted by molar-refractivity contribution is 5.95. The van der Waals surface area contributed by atoms with Crippen molar-refractivity contribution in [3.8, 4) is 11.5 Å². The lowest BCUT2D eigenvalue weighted by Gasteiger charge is -2.34. The average molecular weight is 429 g/mol. The summed E-state index contributed by atoms with van der Waals surface area (Å²) in [7, 11) is 0. The predicted molar refractivity (Wildman–Crippen MR) is 113 cm³/mol. The Labute approximate surface area is 179 Å². The summed E-state index contributed by atoms with van der Waals surface area (Å²) in [4.78, 5) is 13.7. The average Bonchev–Trinajstić information content (AvgIpc) is 3.09. The highest BCUT2D eigenvalue weighted by Gasteiger charge is 2.43. The lowest BCUT2D eigenvalue weighted by atomic mass is 9.90. The molecule has 0 saturated carbocycles. The molecule has 2 aromatic rings. The molecule has 2 heterocycles. The van der Waals surface area contributed by atoms with Gasteiger partial charge >= 0.3 is 6.29 Å². The molecule has 4 rings (SSSR count). The molecule has 1 saturated heterocycles. The summed E-state index contributed by atoms with van der Waals surface area (Å²) in [6, 6.07) is 12.9. The Morgan fingerprint density at radius 1 is 1.13 bits per heavy atom. The minimum absolute atomic E-state index is 0.0791. The summed E-state index contributed by atoms with van der Waals surface area (Å²) in [5.41, 5.74) is 3.01. The number of fused-ring (bicyclic) bond motifs is 1. The molecule has 7 heteroatoms. The second kappa shape index (κ2) is 9.06. The minimum Gasteiger partial charge on any atom is -0.395 e. The van der Waals surface area contributed by atoms with Crippen LogP contribution in [0, 0.1) is 5.92 Å². The Morgan fingerprint density at radius 2 is 1.87 bits per heavy atom. The van der Waals surface area contributed by atoms with Crippen molar-refractivity contribution in [2.45, 2.75) is 32.0 Å². The molecule has 164 valence electrons. The van der Waals surface area contributed by atoms with Crippen molar-refractivity contribution in [3.63, 3.8) is 0 Å². The van der Waals surface area contributed by atoms with Crippen LogP contribution >= 0.6 is 0 Å².